The lowest BCUT2D eigenvalue weighted by molar-refractivity contribution is -0.359. The largest absolute Gasteiger partial charge is 0.394 e. The van der Waals surface area contributed by atoms with E-state index in [1.54, 1.807) is 6.08 Å². The Labute approximate surface area is 553 Å². The van der Waals surface area contributed by atoms with Gasteiger partial charge in [0.15, 0.2) is 12.6 Å². The first-order valence-corrected chi connectivity index (χ1v) is 37.0. The molecule has 12 unspecified atom stereocenters. The standard InChI is InChI=1S/C77H135NO13/c1-3-5-7-9-11-13-15-17-19-21-23-24-25-26-27-28-29-30-31-32-33-34-35-36-37-38-39-40-41-42-43-45-47-49-51-53-55-57-59-61-69(82)78-65(66(81)60-58-56-54-52-50-48-46-44-22-20-18-16-14-12-10-8-6-4-2)64-88-76-74(87)72(85)75(68(63-80)90-76)91-77-73(86)71(84)70(83)67(62-79)89-77/h5,7,11,13,17,19,23-24,26-27,29-30,50,52,58,60,65-68,70-77,79-81,83-87H,3-4,6,8-10,12,14-16,18,20-22,25,28,31-49,51,53-57,59,61-64H2,1-2H3,(H,78,82)/b7-5-,13-11-,19-17-,24-23-,27-26-,30-29-,52-50+,60-58+. The highest BCUT2D eigenvalue weighted by Gasteiger charge is 2.51. The summed E-state index contributed by atoms with van der Waals surface area (Å²) in [7, 11) is 0. The average Bonchev–Trinajstić information content (AvgIpc) is 1.19. The molecule has 0 radical (unpaired) electrons. The van der Waals surface area contributed by atoms with Crippen LogP contribution in [0.15, 0.2) is 97.2 Å². The van der Waals surface area contributed by atoms with E-state index in [1.165, 1.54) is 186 Å². The van der Waals surface area contributed by atoms with Gasteiger partial charge in [-0.1, -0.05) is 297 Å². The molecule has 526 valence electrons. The van der Waals surface area contributed by atoms with Crippen LogP contribution in [0.4, 0.5) is 0 Å². The van der Waals surface area contributed by atoms with Crippen LogP contribution in [0.1, 0.15) is 290 Å². The molecule has 0 aromatic heterocycles. The van der Waals surface area contributed by atoms with Gasteiger partial charge in [0.1, 0.15) is 48.8 Å². The maximum Gasteiger partial charge on any atom is 0.220 e. The van der Waals surface area contributed by atoms with Gasteiger partial charge in [-0.25, -0.2) is 0 Å². The fourth-order valence-corrected chi connectivity index (χ4v) is 11.7. The number of carbonyl (C=O) groups is 1. The molecule has 2 fully saturated rings. The fraction of sp³-hybridized carbons (Fsp3) is 0.779. The molecule has 2 rings (SSSR count). The van der Waals surface area contributed by atoms with Crippen LogP contribution in [0.3, 0.4) is 0 Å². The van der Waals surface area contributed by atoms with E-state index in [9.17, 15) is 45.6 Å². The number of hydrogen-bond acceptors (Lipinski definition) is 13. The number of rotatable bonds is 60. The molecule has 0 aromatic carbocycles. The van der Waals surface area contributed by atoms with Gasteiger partial charge in [-0.3, -0.25) is 4.79 Å². The van der Waals surface area contributed by atoms with Gasteiger partial charge in [-0.05, 0) is 83.5 Å². The highest BCUT2D eigenvalue weighted by molar-refractivity contribution is 5.76. The van der Waals surface area contributed by atoms with Crippen molar-refractivity contribution in [2.24, 2.45) is 0 Å². The highest BCUT2D eigenvalue weighted by atomic mass is 16.7. The second-order valence-corrected chi connectivity index (χ2v) is 25.7. The van der Waals surface area contributed by atoms with E-state index < -0.39 is 86.8 Å². The molecule has 91 heavy (non-hydrogen) atoms. The van der Waals surface area contributed by atoms with Gasteiger partial charge in [-0.15, -0.1) is 0 Å². The summed E-state index contributed by atoms with van der Waals surface area (Å²) in [5.41, 5.74) is 0. The van der Waals surface area contributed by atoms with Crippen molar-refractivity contribution in [1.82, 2.24) is 5.32 Å². The lowest BCUT2D eigenvalue weighted by Gasteiger charge is -2.46. The average molecular weight is 1280 g/mol. The molecule has 0 aromatic rings. The Morgan fingerprint density at radius 3 is 1.21 bits per heavy atom. The molecule has 14 nitrogen and oxygen atoms in total. The molecule has 0 aliphatic carbocycles. The lowest BCUT2D eigenvalue weighted by Crippen LogP contribution is -2.65. The molecule has 2 aliphatic heterocycles. The number of allylic oxidation sites excluding steroid dienone is 15. The van der Waals surface area contributed by atoms with E-state index in [4.69, 9.17) is 18.9 Å². The van der Waals surface area contributed by atoms with Crippen molar-refractivity contribution >= 4 is 5.91 Å². The maximum absolute atomic E-state index is 13.3. The molecule has 0 bridgehead atoms. The molecule has 14 heteroatoms. The number of unbranched alkanes of at least 4 members (excludes halogenated alkanes) is 33. The first kappa shape index (κ1) is 84.0. The molecule has 0 spiro atoms. The Hall–Kier alpha value is -3.09. The normalized spacial score (nSPS) is 23.4. The van der Waals surface area contributed by atoms with Crippen LogP contribution >= 0.6 is 0 Å². The summed E-state index contributed by atoms with van der Waals surface area (Å²) in [5.74, 6) is -0.247. The van der Waals surface area contributed by atoms with Crippen LogP contribution < -0.4 is 5.32 Å². The van der Waals surface area contributed by atoms with Crippen LogP contribution in [-0.4, -0.2) is 140 Å². The monoisotopic (exact) mass is 1280 g/mol. The van der Waals surface area contributed by atoms with Crippen LogP contribution in [0, 0.1) is 0 Å². The first-order chi connectivity index (χ1) is 44.6. The summed E-state index contributed by atoms with van der Waals surface area (Å²) >= 11 is 0. The zero-order chi connectivity index (χ0) is 65.9. The molecular formula is C77H135NO13. The first-order valence-electron chi connectivity index (χ1n) is 37.0. The minimum atomic E-state index is -1.79. The zero-order valence-corrected chi connectivity index (χ0v) is 57.3. The minimum Gasteiger partial charge on any atom is -0.394 e. The van der Waals surface area contributed by atoms with Crippen LogP contribution in [0.2, 0.25) is 0 Å². The number of nitrogens with one attached hydrogen (secondary N) is 1. The van der Waals surface area contributed by atoms with Gasteiger partial charge in [0, 0.05) is 6.42 Å². The predicted octanol–water partition coefficient (Wildman–Crippen LogP) is 15.7. The topological polar surface area (TPSA) is 228 Å². The summed E-state index contributed by atoms with van der Waals surface area (Å²) in [6, 6.07) is -0.935. The van der Waals surface area contributed by atoms with Crippen LogP contribution in [0.25, 0.3) is 0 Å². The van der Waals surface area contributed by atoms with Gasteiger partial charge in [-0.2, -0.15) is 0 Å². The van der Waals surface area contributed by atoms with Crippen molar-refractivity contribution < 1.29 is 64.6 Å². The third-order valence-electron chi connectivity index (χ3n) is 17.5. The Balaban J connectivity index is 1.60. The third kappa shape index (κ3) is 44.3. The lowest BCUT2D eigenvalue weighted by atomic mass is 9.97. The maximum atomic E-state index is 13.3. The SMILES string of the molecule is CC/C=C\C/C=C\C/C=C\C/C=C\C/C=C\C/C=C\CCCCCCCCCCCCCCCCCCCCCCC(=O)NC(COC1OC(CO)C(OC2OC(CO)C(O)C(O)C2O)C(O)C1O)C(O)/C=C/CC/C=C/CCCCCCCCCCCCCC. The molecule has 2 saturated heterocycles. The van der Waals surface area contributed by atoms with E-state index >= 15 is 0 Å². The molecule has 1 amide bonds. The molecule has 2 aliphatic rings. The van der Waals surface area contributed by atoms with Crippen molar-refractivity contribution in [2.75, 3.05) is 19.8 Å². The molecular weight excluding hydrogens is 1150 g/mol. The van der Waals surface area contributed by atoms with Crippen molar-refractivity contribution in [3.8, 4) is 0 Å². The van der Waals surface area contributed by atoms with Crippen LogP contribution in [0.5, 0.6) is 0 Å². The van der Waals surface area contributed by atoms with Crippen LogP contribution in [-0.2, 0) is 23.7 Å². The second kappa shape index (κ2) is 60.6. The van der Waals surface area contributed by atoms with E-state index in [1.807, 2.05) is 6.08 Å². The quantitative estimate of drug-likeness (QED) is 0.0204. The van der Waals surface area contributed by atoms with Crippen molar-refractivity contribution in [3.05, 3.63) is 97.2 Å². The molecule has 9 N–H and O–H groups in total. The van der Waals surface area contributed by atoms with E-state index in [0.717, 1.165) is 70.6 Å². The van der Waals surface area contributed by atoms with E-state index in [0.29, 0.717) is 12.8 Å². The van der Waals surface area contributed by atoms with Crippen molar-refractivity contribution in [2.45, 2.75) is 364 Å². The van der Waals surface area contributed by atoms with E-state index in [-0.39, 0.29) is 18.9 Å². The summed E-state index contributed by atoms with van der Waals surface area (Å²) in [6.07, 6.45) is 69.1. The highest BCUT2D eigenvalue weighted by Crippen LogP contribution is 2.30. The Morgan fingerprint density at radius 1 is 0.407 bits per heavy atom. The van der Waals surface area contributed by atoms with Gasteiger partial charge in [0.25, 0.3) is 0 Å². The second-order valence-electron chi connectivity index (χ2n) is 25.7. The number of aliphatic hydroxyl groups is 8. The summed E-state index contributed by atoms with van der Waals surface area (Å²) in [6.45, 7) is 2.69. The summed E-state index contributed by atoms with van der Waals surface area (Å²) < 4.78 is 22.8. The Morgan fingerprint density at radius 2 is 0.769 bits per heavy atom. The Kier molecular flexibility index (Phi) is 55.9. The molecule has 12 atom stereocenters. The Bertz CT molecular complexity index is 1900. The number of amides is 1. The van der Waals surface area contributed by atoms with Gasteiger partial charge < -0.3 is 65.1 Å². The van der Waals surface area contributed by atoms with Gasteiger partial charge in [0.2, 0.25) is 5.91 Å². The summed E-state index contributed by atoms with van der Waals surface area (Å²) in [4.78, 5) is 13.3. The predicted molar refractivity (Wildman–Crippen MR) is 373 cm³/mol. The third-order valence-corrected chi connectivity index (χ3v) is 17.5. The number of ether oxygens (including phenoxy) is 4. The van der Waals surface area contributed by atoms with E-state index in [2.05, 4.69) is 104 Å². The fourth-order valence-electron chi connectivity index (χ4n) is 11.7. The number of carbonyl (C=O) groups excluding carboxylic acids is 1. The molecule has 0 saturated carbocycles. The molecule has 2 heterocycles. The minimum absolute atomic E-state index is 0.247. The van der Waals surface area contributed by atoms with Crippen molar-refractivity contribution in [3.63, 3.8) is 0 Å². The van der Waals surface area contributed by atoms with Crippen molar-refractivity contribution in [1.29, 1.82) is 0 Å². The zero-order valence-electron chi connectivity index (χ0n) is 57.3. The summed E-state index contributed by atoms with van der Waals surface area (Å²) in [5, 5.41) is 87.4. The smallest absolute Gasteiger partial charge is 0.220 e. The number of aliphatic hydroxyl groups excluding tert-OH is 8. The number of hydrogen-bond donors (Lipinski definition) is 9. The van der Waals surface area contributed by atoms with Gasteiger partial charge in [0.05, 0.1) is 32.0 Å². The van der Waals surface area contributed by atoms with Gasteiger partial charge >= 0.3 is 0 Å².